The number of aryl methyl sites for hydroxylation is 1. The first-order chi connectivity index (χ1) is 9.08. The monoisotopic (exact) mass is 453 g/mol. The van der Waals surface area contributed by atoms with Crippen LogP contribution in [0.4, 0.5) is 0 Å². The van der Waals surface area contributed by atoms with Crippen molar-refractivity contribution in [3.05, 3.63) is 31.6 Å². The van der Waals surface area contributed by atoms with Crippen LogP contribution in [0.2, 0.25) is 0 Å². The Balaban J connectivity index is 1.77. The van der Waals surface area contributed by atoms with Gasteiger partial charge in [-0.15, -0.1) is 0 Å². The van der Waals surface area contributed by atoms with E-state index in [-0.39, 0.29) is 5.91 Å². The van der Waals surface area contributed by atoms with Gasteiger partial charge in [-0.25, -0.2) is 0 Å². The third-order valence-electron chi connectivity index (χ3n) is 2.33. The molecule has 0 aliphatic heterocycles. The molecule has 2 heterocycles. The molecule has 1 amide bonds. The Hall–Kier alpha value is -0.670. The van der Waals surface area contributed by atoms with E-state index < -0.39 is 0 Å². The first kappa shape index (κ1) is 14.7. The lowest BCUT2D eigenvalue weighted by molar-refractivity contribution is 0.0947. The van der Waals surface area contributed by atoms with Crippen LogP contribution in [0.3, 0.4) is 0 Å². The maximum atomic E-state index is 11.8. The number of H-pyrrole nitrogens is 1. The van der Waals surface area contributed by atoms with Crippen LogP contribution < -0.4 is 5.32 Å². The summed E-state index contributed by atoms with van der Waals surface area (Å²) in [5.74, 6) is -0.213. The molecule has 2 aromatic rings. The Bertz CT molecular complexity index is 579. The quantitative estimate of drug-likeness (QED) is 0.681. The number of aromatic nitrogens is 4. The number of rotatable bonds is 5. The van der Waals surface area contributed by atoms with Crippen LogP contribution in [-0.4, -0.2) is 32.4 Å². The van der Waals surface area contributed by atoms with Gasteiger partial charge in [-0.2, -0.15) is 10.2 Å². The lowest BCUT2D eigenvalue weighted by atomic mass is 10.3. The number of aromatic amines is 1. The van der Waals surface area contributed by atoms with Crippen molar-refractivity contribution in [2.45, 2.75) is 13.0 Å². The number of halogens is 3. The number of hydrogen-bond acceptors (Lipinski definition) is 3. The lowest BCUT2D eigenvalue weighted by Crippen LogP contribution is -2.26. The van der Waals surface area contributed by atoms with Gasteiger partial charge in [-0.1, -0.05) is 0 Å². The fraction of sp³-hybridized carbons (Fsp3) is 0.300. The summed E-state index contributed by atoms with van der Waals surface area (Å²) >= 11 is 9.85. The normalized spacial score (nSPS) is 10.7. The van der Waals surface area contributed by atoms with Crippen molar-refractivity contribution in [2.24, 2.45) is 0 Å². The van der Waals surface area contributed by atoms with E-state index in [1.807, 2.05) is 10.9 Å². The van der Waals surface area contributed by atoms with E-state index in [1.165, 1.54) is 0 Å². The summed E-state index contributed by atoms with van der Waals surface area (Å²) in [7, 11) is 0. The molecule has 0 fully saturated rings. The van der Waals surface area contributed by atoms with Gasteiger partial charge < -0.3 is 5.32 Å². The van der Waals surface area contributed by atoms with Gasteiger partial charge in [0.05, 0.1) is 15.1 Å². The molecule has 0 saturated carbocycles. The van der Waals surface area contributed by atoms with Crippen LogP contribution >= 0.6 is 47.8 Å². The summed E-state index contributed by atoms with van der Waals surface area (Å²) in [6.07, 6.45) is 4.42. The van der Waals surface area contributed by atoms with Crippen LogP contribution in [0.5, 0.6) is 0 Å². The Morgan fingerprint density at radius 1 is 1.42 bits per heavy atom. The second-order valence-electron chi connectivity index (χ2n) is 3.73. The van der Waals surface area contributed by atoms with Gasteiger partial charge in [0.25, 0.3) is 5.91 Å². The predicted octanol–water partition coefficient (Wildman–Crippen LogP) is 2.71. The van der Waals surface area contributed by atoms with Crippen molar-refractivity contribution in [1.82, 2.24) is 25.3 Å². The fourth-order valence-corrected chi connectivity index (χ4v) is 2.41. The van der Waals surface area contributed by atoms with Crippen LogP contribution in [0.1, 0.15) is 16.9 Å². The molecule has 0 spiro atoms. The molecule has 0 aromatic carbocycles. The van der Waals surface area contributed by atoms with E-state index in [0.29, 0.717) is 21.3 Å². The maximum absolute atomic E-state index is 11.8. The molecule has 0 radical (unpaired) electrons. The molecule has 102 valence electrons. The average molecular weight is 456 g/mol. The molecule has 0 saturated heterocycles. The zero-order valence-corrected chi connectivity index (χ0v) is 14.4. The number of hydrogen-bond donors (Lipinski definition) is 2. The molecular weight excluding hydrogens is 446 g/mol. The number of carbonyl (C=O) groups excluding carboxylic acids is 1. The minimum absolute atomic E-state index is 0.213. The molecule has 2 rings (SSSR count). The average Bonchev–Trinajstić information content (AvgIpc) is 2.93. The molecule has 0 aliphatic carbocycles. The third kappa shape index (κ3) is 3.90. The van der Waals surface area contributed by atoms with Gasteiger partial charge >= 0.3 is 0 Å². The van der Waals surface area contributed by atoms with Crippen LogP contribution in [0.15, 0.2) is 25.9 Å². The molecule has 6 nitrogen and oxygen atoms in total. The molecule has 0 aliphatic rings. The van der Waals surface area contributed by atoms with Gasteiger partial charge in [0.2, 0.25) is 0 Å². The van der Waals surface area contributed by atoms with Gasteiger partial charge in [-0.3, -0.25) is 14.6 Å². The van der Waals surface area contributed by atoms with Crippen molar-refractivity contribution in [3.63, 3.8) is 0 Å². The van der Waals surface area contributed by atoms with Crippen LogP contribution in [0.25, 0.3) is 0 Å². The Morgan fingerprint density at radius 3 is 2.79 bits per heavy atom. The SMILES string of the molecule is O=C(NCCCn1cc(Br)cn1)c1n[nH]c(Br)c1Br. The van der Waals surface area contributed by atoms with Crippen molar-refractivity contribution in [1.29, 1.82) is 0 Å². The van der Waals surface area contributed by atoms with Gasteiger partial charge in [0.15, 0.2) is 5.69 Å². The summed E-state index contributed by atoms with van der Waals surface area (Å²) in [4.78, 5) is 11.8. The van der Waals surface area contributed by atoms with Crippen molar-refractivity contribution in [2.75, 3.05) is 6.54 Å². The van der Waals surface area contributed by atoms with E-state index in [9.17, 15) is 4.79 Å². The van der Waals surface area contributed by atoms with E-state index in [1.54, 1.807) is 6.20 Å². The molecule has 2 aromatic heterocycles. The highest BCUT2D eigenvalue weighted by Crippen LogP contribution is 2.23. The van der Waals surface area contributed by atoms with Gasteiger partial charge in [0, 0.05) is 19.3 Å². The minimum Gasteiger partial charge on any atom is -0.351 e. The summed E-state index contributed by atoms with van der Waals surface area (Å²) in [5.41, 5.74) is 0.341. The predicted molar refractivity (Wildman–Crippen MR) is 80.9 cm³/mol. The summed E-state index contributed by atoms with van der Waals surface area (Å²) in [6, 6.07) is 0. The standard InChI is InChI=1S/C10H10Br3N5O/c11-6-4-15-18(5-6)3-1-2-14-10(19)8-7(12)9(13)17-16-8/h4-5H,1-3H2,(H,14,19)(H,16,17). The van der Waals surface area contributed by atoms with E-state index in [0.717, 1.165) is 17.4 Å². The first-order valence-electron chi connectivity index (χ1n) is 5.43. The topological polar surface area (TPSA) is 75.6 Å². The van der Waals surface area contributed by atoms with E-state index in [2.05, 4.69) is 68.4 Å². The third-order valence-corrected chi connectivity index (χ3v) is 4.62. The summed E-state index contributed by atoms with van der Waals surface area (Å²) in [5, 5.41) is 13.5. The minimum atomic E-state index is -0.213. The van der Waals surface area contributed by atoms with Crippen molar-refractivity contribution >= 4 is 53.7 Å². The number of nitrogens with one attached hydrogen (secondary N) is 2. The zero-order chi connectivity index (χ0) is 13.8. The molecular formula is C10H10Br3N5O. The molecule has 2 N–H and O–H groups in total. The van der Waals surface area contributed by atoms with Crippen molar-refractivity contribution < 1.29 is 4.79 Å². The van der Waals surface area contributed by atoms with E-state index in [4.69, 9.17) is 0 Å². The number of nitrogens with zero attached hydrogens (tertiary/aromatic N) is 3. The Morgan fingerprint density at radius 2 is 2.21 bits per heavy atom. The molecule has 19 heavy (non-hydrogen) atoms. The Labute approximate surface area is 134 Å². The smallest absolute Gasteiger partial charge is 0.273 e. The number of carbonyl (C=O) groups is 1. The van der Waals surface area contributed by atoms with Crippen LogP contribution in [-0.2, 0) is 6.54 Å². The second kappa shape index (κ2) is 6.67. The molecule has 0 atom stereocenters. The van der Waals surface area contributed by atoms with Gasteiger partial charge in [-0.05, 0) is 54.2 Å². The first-order valence-corrected chi connectivity index (χ1v) is 7.81. The van der Waals surface area contributed by atoms with E-state index >= 15 is 0 Å². The van der Waals surface area contributed by atoms with Crippen LogP contribution in [0, 0.1) is 0 Å². The van der Waals surface area contributed by atoms with Gasteiger partial charge in [0.1, 0.15) is 4.60 Å². The summed E-state index contributed by atoms with van der Waals surface area (Å²) in [6.45, 7) is 1.31. The molecule has 0 bridgehead atoms. The lowest BCUT2D eigenvalue weighted by Gasteiger charge is -2.04. The second-order valence-corrected chi connectivity index (χ2v) is 6.23. The number of amides is 1. The van der Waals surface area contributed by atoms with Crippen molar-refractivity contribution in [3.8, 4) is 0 Å². The highest BCUT2D eigenvalue weighted by atomic mass is 79.9. The highest BCUT2D eigenvalue weighted by molar-refractivity contribution is 9.13. The summed E-state index contributed by atoms with van der Waals surface area (Å²) < 4.78 is 4.04. The fourth-order valence-electron chi connectivity index (χ4n) is 1.44. The molecule has 9 heteroatoms. The maximum Gasteiger partial charge on any atom is 0.273 e. The molecule has 0 unspecified atom stereocenters. The highest BCUT2D eigenvalue weighted by Gasteiger charge is 2.15. The zero-order valence-electron chi connectivity index (χ0n) is 9.66. The largest absolute Gasteiger partial charge is 0.351 e. The Kier molecular flexibility index (Phi) is 5.17.